The van der Waals surface area contributed by atoms with Crippen molar-refractivity contribution in [1.29, 1.82) is 0 Å². The third-order valence-corrected chi connectivity index (χ3v) is 5.23. The van der Waals surface area contributed by atoms with E-state index in [9.17, 15) is 10.1 Å². The van der Waals surface area contributed by atoms with Gasteiger partial charge in [0.25, 0.3) is 5.69 Å². The average Bonchev–Trinajstić information content (AvgIpc) is 3.38. The molecular formula is C22H22N2O4. The number of nitro groups is 1. The van der Waals surface area contributed by atoms with Gasteiger partial charge in [0, 0.05) is 23.7 Å². The summed E-state index contributed by atoms with van der Waals surface area (Å²) in [5, 5.41) is 11.0. The van der Waals surface area contributed by atoms with Crippen molar-refractivity contribution in [3.63, 3.8) is 0 Å². The topological polar surface area (TPSA) is 68.8 Å². The number of non-ortho nitro benzene ring substituents is 1. The van der Waals surface area contributed by atoms with Gasteiger partial charge in [0.15, 0.2) is 0 Å². The lowest BCUT2D eigenvalue weighted by molar-refractivity contribution is -0.384. The number of methoxy groups -OCH3 is 1. The van der Waals surface area contributed by atoms with E-state index < -0.39 is 4.92 Å². The average molecular weight is 378 g/mol. The van der Waals surface area contributed by atoms with Crippen LogP contribution in [0.15, 0.2) is 65.1 Å². The first-order chi connectivity index (χ1) is 13.6. The molecule has 0 saturated carbocycles. The monoisotopic (exact) mass is 378 g/mol. The lowest BCUT2D eigenvalue weighted by atomic mass is 10.0. The van der Waals surface area contributed by atoms with E-state index >= 15 is 0 Å². The predicted octanol–water partition coefficient (Wildman–Crippen LogP) is 5.20. The van der Waals surface area contributed by atoms with Gasteiger partial charge >= 0.3 is 0 Å². The Morgan fingerprint density at radius 1 is 1.18 bits per heavy atom. The first-order valence-corrected chi connectivity index (χ1v) is 9.35. The number of nitrogens with zero attached hydrogens (tertiary/aromatic N) is 2. The van der Waals surface area contributed by atoms with Gasteiger partial charge < -0.3 is 9.15 Å². The van der Waals surface area contributed by atoms with Crippen LogP contribution in [0.2, 0.25) is 0 Å². The van der Waals surface area contributed by atoms with Crippen molar-refractivity contribution >= 4 is 5.69 Å². The third-order valence-electron chi connectivity index (χ3n) is 5.23. The molecule has 28 heavy (non-hydrogen) atoms. The minimum atomic E-state index is -0.392. The highest BCUT2D eigenvalue weighted by Crippen LogP contribution is 2.35. The molecule has 1 saturated heterocycles. The molecule has 1 unspecified atom stereocenters. The van der Waals surface area contributed by atoms with E-state index in [0.717, 1.165) is 30.9 Å². The molecule has 144 valence electrons. The molecular weight excluding hydrogens is 356 g/mol. The molecule has 2 aromatic carbocycles. The molecule has 1 atom stereocenters. The van der Waals surface area contributed by atoms with Gasteiger partial charge in [0.1, 0.15) is 17.3 Å². The summed E-state index contributed by atoms with van der Waals surface area (Å²) in [5.41, 5.74) is 2.06. The van der Waals surface area contributed by atoms with Crippen molar-refractivity contribution in [1.82, 2.24) is 4.90 Å². The second-order valence-corrected chi connectivity index (χ2v) is 6.98. The molecule has 0 spiro atoms. The number of hydrogen-bond donors (Lipinski definition) is 0. The van der Waals surface area contributed by atoms with Gasteiger partial charge in [-0.1, -0.05) is 24.3 Å². The first kappa shape index (κ1) is 18.3. The van der Waals surface area contributed by atoms with E-state index in [2.05, 4.69) is 17.0 Å². The molecule has 0 aliphatic carbocycles. The van der Waals surface area contributed by atoms with Crippen LogP contribution < -0.4 is 4.74 Å². The Hall–Kier alpha value is -3.12. The van der Waals surface area contributed by atoms with Crippen molar-refractivity contribution in [3.8, 4) is 17.1 Å². The van der Waals surface area contributed by atoms with Crippen LogP contribution in [0, 0.1) is 10.1 Å². The Labute approximate surface area is 163 Å². The largest absolute Gasteiger partial charge is 0.497 e. The minimum Gasteiger partial charge on any atom is -0.497 e. The van der Waals surface area contributed by atoms with Crippen molar-refractivity contribution in [2.75, 3.05) is 13.7 Å². The number of hydrogen-bond acceptors (Lipinski definition) is 5. The minimum absolute atomic E-state index is 0.0644. The quantitative estimate of drug-likeness (QED) is 0.435. The van der Waals surface area contributed by atoms with E-state index in [0.29, 0.717) is 23.9 Å². The Bertz CT molecular complexity index is 965. The number of likely N-dealkylation sites (tertiary alicyclic amines) is 1. The van der Waals surface area contributed by atoms with E-state index in [-0.39, 0.29) is 5.69 Å². The molecule has 1 aliphatic heterocycles. The molecule has 1 fully saturated rings. The van der Waals surface area contributed by atoms with Crippen LogP contribution in [-0.2, 0) is 6.54 Å². The second kappa shape index (κ2) is 7.86. The summed E-state index contributed by atoms with van der Waals surface area (Å²) >= 11 is 0. The van der Waals surface area contributed by atoms with Gasteiger partial charge in [0.2, 0.25) is 0 Å². The number of ether oxygens (including phenoxy) is 1. The summed E-state index contributed by atoms with van der Waals surface area (Å²) in [6.45, 7) is 1.73. The Morgan fingerprint density at radius 3 is 2.75 bits per heavy atom. The van der Waals surface area contributed by atoms with E-state index in [1.165, 1.54) is 11.6 Å². The lowest BCUT2D eigenvalue weighted by Crippen LogP contribution is -2.22. The molecule has 6 heteroatoms. The molecule has 3 aromatic rings. The van der Waals surface area contributed by atoms with Gasteiger partial charge in [-0.3, -0.25) is 15.0 Å². The standard InChI is InChI=1S/C22H22N2O4/c1-27-19-9-7-16(8-10-19)21-6-3-13-23(21)15-20-11-12-22(28-20)17-4-2-5-18(14-17)24(25)26/h2,4-5,7-12,14,21H,3,6,13,15H2,1H3. The molecule has 0 radical (unpaired) electrons. The molecule has 6 nitrogen and oxygen atoms in total. The summed E-state index contributed by atoms with van der Waals surface area (Å²) in [6, 6.07) is 19.0. The molecule has 1 aliphatic rings. The van der Waals surface area contributed by atoms with Crippen molar-refractivity contribution < 1.29 is 14.1 Å². The fourth-order valence-corrected chi connectivity index (χ4v) is 3.81. The normalized spacial score (nSPS) is 17.0. The Morgan fingerprint density at radius 2 is 2.00 bits per heavy atom. The molecule has 2 heterocycles. The number of nitro benzene ring substituents is 1. The second-order valence-electron chi connectivity index (χ2n) is 6.98. The Kier molecular flexibility index (Phi) is 5.12. The van der Waals surface area contributed by atoms with Crippen LogP contribution in [0.25, 0.3) is 11.3 Å². The van der Waals surface area contributed by atoms with Crippen molar-refractivity contribution in [2.45, 2.75) is 25.4 Å². The van der Waals surface area contributed by atoms with Crippen molar-refractivity contribution in [2.24, 2.45) is 0 Å². The van der Waals surface area contributed by atoms with E-state index in [4.69, 9.17) is 9.15 Å². The van der Waals surface area contributed by atoms with Crippen LogP contribution in [0.4, 0.5) is 5.69 Å². The number of furan rings is 1. The molecule has 4 rings (SSSR count). The molecule has 0 bridgehead atoms. The van der Waals surface area contributed by atoms with Gasteiger partial charge in [-0.2, -0.15) is 0 Å². The maximum absolute atomic E-state index is 11.0. The first-order valence-electron chi connectivity index (χ1n) is 9.35. The van der Waals surface area contributed by atoms with Crippen LogP contribution in [0.5, 0.6) is 5.75 Å². The number of rotatable bonds is 6. The highest BCUT2D eigenvalue weighted by atomic mass is 16.6. The summed E-state index contributed by atoms with van der Waals surface area (Å²) in [7, 11) is 1.67. The van der Waals surface area contributed by atoms with Crippen LogP contribution in [-0.4, -0.2) is 23.5 Å². The Balaban J connectivity index is 1.50. The zero-order chi connectivity index (χ0) is 19.5. The molecule has 0 amide bonds. The molecule has 0 N–H and O–H groups in total. The van der Waals surface area contributed by atoms with Gasteiger partial charge in [-0.25, -0.2) is 0 Å². The third kappa shape index (κ3) is 3.77. The van der Waals surface area contributed by atoms with Gasteiger partial charge in [0.05, 0.1) is 18.6 Å². The fraction of sp³-hybridized carbons (Fsp3) is 0.273. The predicted molar refractivity (Wildman–Crippen MR) is 106 cm³/mol. The lowest BCUT2D eigenvalue weighted by Gasteiger charge is -2.24. The van der Waals surface area contributed by atoms with Crippen LogP contribution in [0.1, 0.15) is 30.2 Å². The van der Waals surface area contributed by atoms with E-state index in [1.807, 2.05) is 30.3 Å². The summed E-state index contributed by atoms with van der Waals surface area (Å²) < 4.78 is 11.3. The maximum atomic E-state index is 11.0. The maximum Gasteiger partial charge on any atom is 0.270 e. The van der Waals surface area contributed by atoms with Crippen LogP contribution >= 0.6 is 0 Å². The molecule has 1 aromatic heterocycles. The number of benzene rings is 2. The summed E-state index contributed by atoms with van der Waals surface area (Å²) in [5.74, 6) is 2.38. The summed E-state index contributed by atoms with van der Waals surface area (Å²) in [4.78, 5) is 13.0. The van der Waals surface area contributed by atoms with Crippen LogP contribution in [0.3, 0.4) is 0 Å². The van der Waals surface area contributed by atoms with E-state index in [1.54, 1.807) is 19.2 Å². The van der Waals surface area contributed by atoms with Gasteiger partial charge in [-0.15, -0.1) is 0 Å². The van der Waals surface area contributed by atoms with Gasteiger partial charge in [-0.05, 0) is 49.2 Å². The van der Waals surface area contributed by atoms with Crippen molar-refractivity contribution in [3.05, 3.63) is 82.1 Å². The highest BCUT2D eigenvalue weighted by molar-refractivity contribution is 5.61. The summed E-state index contributed by atoms with van der Waals surface area (Å²) in [6.07, 6.45) is 2.26. The zero-order valence-corrected chi connectivity index (χ0v) is 15.7. The zero-order valence-electron chi connectivity index (χ0n) is 15.7. The smallest absolute Gasteiger partial charge is 0.270 e. The SMILES string of the molecule is COc1ccc(C2CCCN2Cc2ccc(-c3cccc([N+](=O)[O-])c3)o2)cc1. The fourth-order valence-electron chi connectivity index (χ4n) is 3.81. The highest BCUT2D eigenvalue weighted by Gasteiger charge is 2.27.